The third-order valence-electron chi connectivity index (χ3n) is 5.35. The summed E-state index contributed by atoms with van der Waals surface area (Å²) in [5.41, 5.74) is 5.09. The van der Waals surface area contributed by atoms with Gasteiger partial charge in [0.2, 0.25) is 5.91 Å². The molecular weight excluding hydrogens is 394 g/mol. The molecule has 0 aliphatic carbocycles. The monoisotopic (exact) mass is 417 g/mol. The van der Waals surface area contributed by atoms with Crippen molar-refractivity contribution in [2.24, 2.45) is 0 Å². The van der Waals surface area contributed by atoms with E-state index in [-0.39, 0.29) is 11.9 Å². The SMILES string of the molecule is Cc1ccccc1CC(=O)NC(C)c1nc2ccccc2n1Cc1ccccc1Cl. The van der Waals surface area contributed by atoms with Crippen LogP contribution in [0.25, 0.3) is 11.0 Å². The Bertz CT molecular complexity index is 1200. The van der Waals surface area contributed by atoms with Gasteiger partial charge in [0.05, 0.1) is 30.0 Å². The molecule has 4 nitrogen and oxygen atoms in total. The van der Waals surface area contributed by atoms with Crippen molar-refractivity contribution in [1.82, 2.24) is 14.9 Å². The molecule has 0 saturated carbocycles. The molecule has 0 bridgehead atoms. The first-order valence-corrected chi connectivity index (χ1v) is 10.4. The second-order valence-corrected chi connectivity index (χ2v) is 7.94. The van der Waals surface area contributed by atoms with Crippen LogP contribution < -0.4 is 5.32 Å². The van der Waals surface area contributed by atoms with Crippen molar-refractivity contribution in [2.75, 3.05) is 0 Å². The number of aromatic nitrogens is 2. The van der Waals surface area contributed by atoms with Crippen LogP contribution in [0.5, 0.6) is 0 Å². The maximum Gasteiger partial charge on any atom is 0.225 e. The van der Waals surface area contributed by atoms with E-state index in [1.54, 1.807) is 0 Å². The number of para-hydroxylation sites is 2. The average Bonchev–Trinajstić information content (AvgIpc) is 3.10. The number of benzene rings is 3. The van der Waals surface area contributed by atoms with E-state index in [9.17, 15) is 4.79 Å². The number of hydrogen-bond acceptors (Lipinski definition) is 2. The maximum atomic E-state index is 12.7. The van der Waals surface area contributed by atoms with E-state index < -0.39 is 0 Å². The van der Waals surface area contributed by atoms with E-state index >= 15 is 0 Å². The summed E-state index contributed by atoms with van der Waals surface area (Å²) in [6.07, 6.45) is 0.349. The van der Waals surface area contributed by atoms with Crippen LogP contribution in [0.15, 0.2) is 72.8 Å². The summed E-state index contributed by atoms with van der Waals surface area (Å²) in [7, 11) is 0. The molecule has 152 valence electrons. The molecule has 1 unspecified atom stereocenters. The second-order valence-electron chi connectivity index (χ2n) is 7.53. The fourth-order valence-electron chi connectivity index (χ4n) is 3.73. The zero-order valence-electron chi connectivity index (χ0n) is 17.1. The fourth-order valence-corrected chi connectivity index (χ4v) is 3.92. The predicted molar refractivity (Wildman–Crippen MR) is 122 cm³/mol. The highest BCUT2D eigenvalue weighted by Crippen LogP contribution is 2.25. The number of nitrogens with one attached hydrogen (secondary N) is 1. The van der Waals surface area contributed by atoms with E-state index in [2.05, 4.69) is 9.88 Å². The van der Waals surface area contributed by atoms with Crippen LogP contribution in [-0.4, -0.2) is 15.5 Å². The molecule has 30 heavy (non-hydrogen) atoms. The Morgan fingerprint density at radius 2 is 1.67 bits per heavy atom. The van der Waals surface area contributed by atoms with Crippen molar-refractivity contribution in [3.63, 3.8) is 0 Å². The number of carbonyl (C=O) groups excluding carboxylic acids is 1. The maximum absolute atomic E-state index is 12.7. The number of imidazole rings is 1. The lowest BCUT2D eigenvalue weighted by molar-refractivity contribution is -0.121. The third kappa shape index (κ3) is 4.24. The van der Waals surface area contributed by atoms with Crippen LogP contribution >= 0.6 is 11.6 Å². The number of fused-ring (bicyclic) bond motifs is 1. The van der Waals surface area contributed by atoms with Crippen molar-refractivity contribution in [2.45, 2.75) is 32.9 Å². The first-order valence-electron chi connectivity index (χ1n) is 10.1. The molecule has 1 atom stereocenters. The molecule has 1 aromatic heterocycles. The van der Waals surface area contributed by atoms with Gasteiger partial charge in [0, 0.05) is 5.02 Å². The molecule has 0 aliphatic rings. The van der Waals surface area contributed by atoms with Gasteiger partial charge in [-0.25, -0.2) is 4.98 Å². The van der Waals surface area contributed by atoms with Crippen molar-refractivity contribution < 1.29 is 4.79 Å². The van der Waals surface area contributed by atoms with Crippen molar-refractivity contribution in [1.29, 1.82) is 0 Å². The molecular formula is C25H24ClN3O. The van der Waals surface area contributed by atoms with E-state index in [1.807, 2.05) is 86.6 Å². The average molecular weight is 418 g/mol. The predicted octanol–water partition coefficient (Wildman–Crippen LogP) is 5.47. The van der Waals surface area contributed by atoms with Gasteiger partial charge >= 0.3 is 0 Å². The van der Waals surface area contributed by atoms with Gasteiger partial charge in [-0.05, 0) is 48.7 Å². The minimum absolute atomic E-state index is 0.0202. The second kappa shape index (κ2) is 8.72. The summed E-state index contributed by atoms with van der Waals surface area (Å²) >= 11 is 6.41. The largest absolute Gasteiger partial charge is 0.346 e. The highest BCUT2D eigenvalue weighted by atomic mass is 35.5. The molecule has 0 fully saturated rings. The van der Waals surface area contributed by atoms with Gasteiger partial charge in [0.25, 0.3) is 0 Å². The van der Waals surface area contributed by atoms with Crippen molar-refractivity contribution in [3.05, 3.63) is 100 Å². The summed E-state index contributed by atoms with van der Waals surface area (Å²) in [4.78, 5) is 17.5. The number of nitrogens with zero attached hydrogens (tertiary/aromatic N) is 2. The van der Waals surface area contributed by atoms with Gasteiger partial charge in [-0.15, -0.1) is 0 Å². The standard InChI is InChI=1S/C25H24ClN3O/c1-17-9-3-4-10-19(17)15-24(30)27-18(2)25-28-22-13-7-8-14-23(22)29(25)16-20-11-5-6-12-21(20)26/h3-14,18H,15-16H2,1-2H3,(H,27,30). The lowest BCUT2D eigenvalue weighted by atomic mass is 10.1. The molecule has 0 radical (unpaired) electrons. The zero-order chi connectivity index (χ0) is 21.1. The normalized spacial score (nSPS) is 12.1. The molecule has 0 saturated heterocycles. The number of aryl methyl sites for hydroxylation is 1. The lowest BCUT2D eigenvalue weighted by Crippen LogP contribution is -2.30. The first-order chi connectivity index (χ1) is 14.5. The topological polar surface area (TPSA) is 46.9 Å². The molecule has 0 spiro atoms. The van der Waals surface area contributed by atoms with Gasteiger partial charge in [-0.1, -0.05) is 66.2 Å². The van der Waals surface area contributed by atoms with E-state index in [4.69, 9.17) is 16.6 Å². The quantitative estimate of drug-likeness (QED) is 0.452. The third-order valence-corrected chi connectivity index (χ3v) is 5.72. The highest BCUT2D eigenvalue weighted by molar-refractivity contribution is 6.31. The van der Waals surface area contributed by atoms with E-state index in [1.165, 1.54) is 0 Å². The van der Waals surface area contributed by atoms with Gasteiger partial charge in [0.15, 0.2) is 0 Å². The van der Waals surface area contributed by atoms with Crippen LogP contribution in [0.3, 0.4) is 0 Å². The Morgan fingerprint density at radius 3 is 2.43 bits per heavy atom. The van der Waals surface area contributed by atoms with Crippen LogP contribution in [-0.2, 0) is 17.8 Å². The number of carbonyl (C=O) groups is 1. The number of halogens is 1. The minimum Gasteiger partial charge on any atom is -0.346 e. The minimum atomic E-state index is -0.239. The van der Waals surface area contributed by atoms with Crippen LogP contribution in [0, 0.1) is 6.92 Å². The number of amides is 1. The van der Waals surface area contributed by atoms with Gasteiger partial charge in [-0.2, -0.15) is 0 Å². The highest BCUT2D eigenvalue weighted by Gasteiger charge is 2.19. The smallest absolute Gasteiger partial charge is 0.225 e. The fraction of sp³-hybridized carbons (Fsp3) is 0.200. The van der Waals surface area contributed by atoms with Crippen LogP contribution in [0.4, 0.5) is 0 Å². The Morgan fingerprint density at radius 1 is 1.00 bits per heavy atom. The number of rotatable bonds is 6. The Labute approximate surface area is 181 Å². The molecule has 1 amide bonds. The Balaban J connectivity index is 1.62. The zero-order valence-corrected chi connectivity index (χ0v) is 17.9. The van der Waals surface area contributed by atoms with Gasteiger partial charge in [-0.3, -0.25) is 4.79 Å². The van der Waals surface area contributed by atoms with Gasteiger partial charge in [0.1, 0.15) is 5.82 Å². The van der Waals surface area contributed by atoms with Gasteiger partial charge < -0.3 is 9.88 Å². The molecule has 1 heterocycles. The van der Waals surface area contributed by atoms with Crippen molar-refractivity contribution in [3.8, 4) is 0 Å². The first kappa shape index (κ1) is 20.2. The summed E-state index contributed by atoms with van der Waals surface area (Å²) in [5.74, 6) is 0.794. The molecule has 4 aromatic rings. The summed E-state index contributed by atoms with van der Waals surface area (Å²) in [6.45, 7) is 4.59. The summed E-state index contributed by atoms with van der Waals surface area (Å²) < 4.78 is 2.13. The Hall–Kier alpha value is -3.11. The summed E-state index contributed by atoms with van der Waals surface area (Å²) in [5, 5.41) is 3.84. The van der Waals surface area contributed by atoms with Crippen molar-refractivity contribution >= 4 is 28.5 Å². The van der Waals surface area contributed by atoms with Crippen LogP contribution in [0.2, 0.25) is 5.02 Å². The van der Waals surface area contributed by atoms with Crippen LogP contribution in [0.1, 0.15) is 35.5 Å². The molecule has 5 heteroatoms. The molecule has 4 rings (SSSR count). The number of hydrogen-bond donors (Lipinski definition) is 1. The lowest BCUT2D eigenvalue weighted by Gasteiger charge is -2.17. The molecule has 3 aromatic carbocycles. The Kier molecular flexibility index (Phi) is 5.86. The summed E-state index contributed by atoms with van der Waals surface area (Å²) in [6, 6.07) is 23.5. The van der Waals surface area contributed by atoms with E-state index in [0.717, 1.165) is 38.6 Å². The molecule has 0 aliphatic heterocycles. The van der Waals surface area contributed by atoms with E-state index in [0.29, 0.717) is 13.0 Å². The molecule has 1 N–H and O–H groups in total.